The van der Waals surface area contributed by atoms with Gasteiger partial charge in [0.1, 0.15) is 11.2 Å². The standard InChI is InChI=1S/C58H37NO/c1-4-15-47-40(11-1)14-9-20-48(47)42-25-23-38(24-26-42)39-27-32-45(33-28-39)59(55-21-10-22-56-57(55)53-36-31-41-12-2-6-17-50(41)58(53)60-56)46-34-29-43(30-35-46)54-37-44-13-3-5-16-49(44)51-18-7-8-19-52(51)54/h1-37H/i29D,30D,34D,35D. The zero-order chi connectivity index (χ0) is 43.1. The van der Waals surface area contributed by atoms with Gasteiger partial charge in [0.2, 0.25) is 0 Å². The van der Waals surface area contributed by atoms with Crippen LogP contribution in [0.5, 0.6) is 0 Å². The molecule has 2 heteroatoms. The molecule has 1 heterocycles. The van der Waals surface area contributed by atoms with Crippen molar-refractivity contribution in [3.63, 3.8) is 0 Å². The van der Waals surface area contributed by atoms with Crippen molar-refractivity contribution < 1.29 is 9.90 Å². The molecule has 0 aliphatic carbocycles. The second-order valence-electron chi connectivity index (χ2n) is 15.3. The first kappa shape index (κ1) is 30.2. The molecule has 0 aliphatic rings. The first-order valence-electron chi connectivity index (χ1n) is 22.3. The van der Waals surface area contributed by atoms with Crippen LogP contribution in [0.1, 0.15) is 5.48 Å². The number of furan rings is 1. The smallest absolute Gasteiger partial charge is 0.143 e. The van der Waals surface area contributed by atoms with E-state index in [-0.39, 0.29) is 35.4 Å². The van der Waals surface area contributed by atoms with Gasteiger partial charge in [-0.15, -0.1) is 0 Å². The molecule has 0 bridgehead atoms. The number of anilines is 3. The topological polar surface area (TPSA) is 16.4 Å². The fraction of sp³-hybridized carbons (Fsp3) is 0. The maximum atomic E-state index is 9.83. The van der Waals surface area contributed by atoms with Crippen LogP contribution in [0.2, 0.25) is 0 Å². The summed E-state index contributed by atoms with van der Waals surface area (Å²) in [4.78, 5) is 1.88. The Bertz CT molecular complexity index is 3800. The molecule has 0 amide bonds. The molecule has 0 radical (unpaired) electrons. The van der Waals surface area contributed by atoms with E-state index in [2.05, 4.69) is 115 Å². The predicted molar refractivity (Wildman–Crippen MR) is 255 cm³/mol. The molecule has 0 unspecified atom stereocenters. The van der Waals surface area contributed by atoms with E-state index in [1.54, 1.807) is 0 Å². The average Bonchev–Trinajstić information content (AvgIpc) is 3.75. The van der Waals surface area contributed by atoms with Gasteiger partial charge in [-0.1, -0.05) is 176 Å². The zero-order valence-corrected chi connectivity index (χ0v) is 32.4. The van der Waals surface area contributed by atoms with Crippen LogP contribution in [0.3, 0.4) is 0 Å². The third-order valence-electron chi connectivity index (χ3n) is 11.9. The normalized spacial score (nSPS) is 12.6. The highest BCUT2D eigenvalue weighted by atomic mass is 16.3. The van der Waals surface area contributed by atoms with Gasteiger partial charge in [-0.2, -0.15) is 0 Å². The number of rotatable bonds is 6. The summed E-state index contributed by atoms with van der Waals surface area (Å²) in [6, 6.07) is 67.3. The Labute approximate surface area is 353 Å². The Balaban J connectivity index is 1.05. The summed E-state index contributed by atoms with van der Waals surface area (Å²) in [7, 11) is 0. The summed E-state index contributed by atoms with van der Waals surface area (Å²) in [5.41, 5.74) is 8.23. The van der Waals surface area contributed by atoms with Gasteiger partial charge in [-0.05, 0) is 120 Å². The molecular formula is C58H37NO. The highest BCUT2D eigenvalue weighted by Crippen LogP contribution is 2.45. The van der Waals surface area contributed by atoms with Crippen LogP contribution < -0.4 is 4.90 Å². The molecule has 2 nitrogen and oxygen atoms in total. The van der Waals surface area contributed by atoms with Crippen molar-refractivity contribution in [2.45, 2.75) is 0 Å². The van der Waals surface area contributed by atoms with Crippen molar-refractivity contribution in [3.05, 3.63) is 224 Å². The van der Waals surface area contributed by atoms with Gasteiger partial charge in [0.05, 0.1) is 16.6 Å². The van der Waals surface area contributed by atoms with Gasteiger partial charge in [0.15, 0.2) is 0 Å². The van der Waals surface area contributed by atoms with Gasteiger partial charge in [-0.3, -0.25) is 0 Å². The van der Waals surface area contributed by atoms with Crippen molar-refractivity contribution in [1.82, 2.24) is 0 Å². The maximum absolute atomic E-state index is 9.83. The molecule has 0 saturated carbocycles. The summed E-state index contributed by atoms with van der Waals surface area (Å²) < 4.78 is 45.7. The largest absolute Gasteiger partial charge is 0.455 e. The van der Waals surface area contributed by atoms with Crippen molar-refractivity contribution in [1.29, 1.82) is 0 Å². The number of hydrogen-bond acceptors (Lipinski definition) is 2. The summed E-state index contributed by atoms with van der Waals surface area (Å²) in [5, 5.41) is 10.1. The summed E-state index contributed by atoms with van der Waals surface area (Å²) >= 11 is 0. The lowest BCUT2D eigenvalue weighted by Crippen LogP contribution is -2.10. The van der Waals surface area contributed by atoms with Gasteiger partial charge >= 0.3 is 0 Å². The fourth-order valence-electron chi connectivity index (χ4n) is 9.05. The monoisotopic (exact) mass is 767 g/mol. The van der Waals surface area contributed by atoms with E-state index in [1.807, 2.05) is 89.8 Å². The minimum absolute atomic E-state index is 0.112. The molecule has 0 saturated heterocycles. The number of nitrogens with zero attached hydrogens (tertiary/aromatic N) is 1. The van der Waals surface area contributed by atoms with Gasteiger partial charge < -0.3 is 9.32 Å². The first-order valence-corrected chi connectivity index (χ1v) is 20.3. The van der Waals surface area contributed by atoms with E-state index >= 15 is 0 Å². The highest BCUT2D eigenvalue weighted by Gasteiger charge is 2.21. The Kier molecular flexibility index (Phi) is 6.98. The third kappa shape index (κ3) is 5.57. The quantitative estimate of drug-likeness (QED) is 0.157. The lowest BCUT2D eigenvalue weighted by Gasteiger charge is -2.27. The Morgan fingerprint density at radius 1 is 0.350 bits per heavy atom. The van der Waals surface area contributed by atoms with Crippen molar-refractivity contribution in [2.24, 2.45) is 0 Å². The molecule has 280 valence electrons. The van der Waals surface area contributed by atoms with E-state index in [0.717, 1.165) is 65.4 Å². The lowest BCUT2D eigenvalue weighted by molar-refractivity contribution is 0.672. The lowest BCUT2D eigenvalue weighted by atomic mass is 9.93. The summed E-state index contributed by atoms with van der Waals surface area (Å²) in [6.07, 6.45) is 0. The Hall–Kier alpha value is -7.94. The van der Waals surface area contributed by atoms with E-state index in [1.165, 1.54) is 16.3 Å². The molecule has 0 aliphatic heterocycles. The van der Waals surface area contributed by atoms with Gasteiger partial charge in [0, 0.05) is 22.1 Å². The van der Waals surface area contributed by atoms with E-state index in [4.69, 9.17) is 4.42 Å². The third-order valence-corrected chi connectivity index (χ3v) is 11.9. The number of hydrogen-bond donors (Lipinski definition) is 0. The zero-order valence-electron chi connectivity index (χ0n) is 36.4. The van der Waals surface area contributed by atoms with Crippen molar-refractivity contribution >= 4 is 82.1 Å². The molecule has 11 aromatic carbocycles. The SMILES string of the molecule is [2H]c1c([2H])c(N(c2ccc(-c3ccc(-c4cccc5ccccc45)cc3)cc2)c2cccc3oc4c5ccccc5ccc4c23)c([2H])c([2H])c1-c1cc2ccccc2c2ccccc12. The molecule has 12 rings (SSSR count). The van der Waals surface area contributed by atoms with Crippen LogP contribution >= 0.6 is 0 Å². The van der Waals surface area contributed by atoms with Gasteiger partial charge in [0.25, 0.3) is 0 Å². The second-order valence-corrected chi connectivity index (χ2v) is 15.3. The first-order chi connectivity index (χ1) is 31.4. The second kappa shape index (κ2) is 13.9. The summed E-state index contributed by atoms with van der Waals surface area (Å²) in [6.45, 7) is 0. The Morgan fingerprint density at radius 2 is 0.933 bits per heavy atom. The Morgan fingerprint density at radius 3 is 1.70 bits per heavy atom. The molecule has 0 N–H and O–H groups in total. The summed E-state index contributed by atoms with van der Waals surface area (Å²) in [5.74, 6) is 0. The highest BCUT2D eigenvalue weighted by molar-refractivity contribution is 6.20. The predicted octanol–water partition coefficient (Wildman–Crippen LogP) is 16.7. The molecular weight excluding hydrogens is 727 g/mol. The average molecular weight is 768 g/mol. The van der Waals surface area contributed by atoms with E-state index < -0.39 is 0 Å². The van der Waals surface area contributed by atoms with Crippen LogP contribution in [0.15, 0.2) is 229 Å². The maximum Gasteiger partial charge on any atom is 0.143 e. The van der Waals surface area contributed by atoms with Crippen molar-refractivity contribution in [2.75, 3.05) is 4.90 Å². The molecule has 0 spiro atoms. The van der Waals surface area contributed by atoms with Gasteiger partial charge in [-0.25, -0.2) is 0 Å². The molecule has 1 aromatic heterocycles. The minimum Gasteiger partial charge on any atom is -0.455 e. The molecule has 12 aromatic rings. The van der Waals surface area contributed by atoms with Crippen LogP contribution in [0, 0.1) is 0 Å². The number of benzene rings is 11. The van der Waals surface area contributed by atoms with E-state index in [9.17, 15) is 5.48 Å². The fourth-order valence-corrected chi connectivity index (χ4v) is 9.05. The molecule has 60 heavy (non-hydrogen) atoms. The van der Waals surface area contributed by atoms with Crippen LogP contribution in [0.25, 0.3) is 98.4 Å². The van der Waals surface area contributed by atoms with E-state index in [0.29, 0.717) is 22.5 Å². The van der Waals surface area contributed by atoms with Crippen LogP contribution in [-0.4, -0.2) is 0 Å². The van der Waals surface area contributed by atoms with Crippen LogP contribution in [-0.2, 0) is 0 Å². The molecule has 0 fully saturated rings. The minimum atomic E-state index is -0.142. The number of fused-ring (bicyclic) bond motifs is 9. The van der Waals surface area contributed by atoms with Crippen LogP contribution in [0.4, 0.5) is 17.1 Å². The molecule has 0 atom stereocenters. The van der Waals surface area contributed by atoms with Crippen molar-refractivity contribution in [3.8, 4) is 33.4 Å².